The summed E-state index contributed by atoms with van der Waals surface area (Å²) >= 11 is 0. The standard InChI is InChI=1S/C18H19N3O3/c1-12(19-17-10-9-13-5-2-3-8-16(13)17)18(22)20-14-6-4-7-15(11-14)21(23)24/h2-8,11-12,17,19H,9-10H2,1H3,(H,20,22)/t12-,17+/m1/s1. The predicted molar refractivity (Wildman–Crippen MR) is 91.8 cm³/mol. The van der Waals surface area contributed by atoms with Crippen LogP contribution in [-0.4, -0.2) is 16.9 Å². The Bertz CT molecular complexity index is 776. The van der Waals surface area contributed by atoms with Crippen LogP contribution in [0.5, 0.6) is 0 Å². The summed E-state index contributed by atoms with van der Waals surface area (Å²) in [6.07, 6.45) is 1.97. The Hall–Kier alpha value is -2.73. The topological polar surface area (TPSA) is 84.3 Å². The Morgan fingerprint density at radius 1 is 1.25 bits per heavy atom. The Morgan fingerprint density at radius 3 is 2.83 bits per heavy atom. The van der Waals surface area contributed by atoms with Gasteiger partial charge in [-0.15, -0.1) is 0 Å². The highest BCUT2D eigenvalue weighted by atomic mass is 16.6. The quantitative estimate of drug-likeness (QED) is 0.653. The zero-order chi connectivity index (χ0) is 17.1. The van der Waals surface area contributed by atoms with Gasteiger partial charge in [0.1, 0.15) is 0 Å². The molecule has 0 radical (unpaired) electrons. The average Bonchev–Trinajstić information content (AvgIpc) is 2.98. The summed E-state index contributed by atoms with van der Waals surface area (Å²) in [7, 11) is 0. The Morgan fingerprint density at radius 2 is 2.04 bits per heavy atom. The molecule has 2 atom stereocenters. The lowest BCUT2D eigenvalue weighted by atomic mass is 10.1. The summed E-state index contributed by atoms with van der Waals surface area (Å²) in [5, 5.41) is 16.9. The number of aryl methyl sites for hydroxylation is 1. The summed E-state index contributed by atoms with van der Waals surface area (Å²) < 4.78 is 0. The molecule has 24 heavy (non-hydrogen) atoms. The van der Waals surface area contributed by atoms with Gasteiger partial charge in [0.2, 0.25) is 5.91 Å². The summed E-state index contributed by atoms with van der Waals surface area (Å²) in [5.74, 6) is -0.208. The fourth-order valence-electron chi connectivity index (χ4n) is 3.06. The number of nitro benzene ring substituents is 1. The number of non-ortho nitro benzene ring substituents is 1. The first kappa shape index (κ1) is 16.1. The van der Waals surface area contributed by atoms with Crippen LogP contribution < -0.4 is 10.6 Å². The van der Waals surface area contributed by atoms with Gasteiger partial charge >= 0.3 is 0 Å². The van der Waals surface area contributed by atoms with Crippen molar-refractivity contribution >= 4 is 17.3 Å². The molecule has 124 valence electrons. The molecule has 0 bridgehead atoms. The van der Waals surface area contributed by atoms with E-state index in [9.17, 15) is 14.9 Å². The number of rotatable bonds is 5. The first-order chi connectivity index (χ1) is 11.5. The molecule has 0 aliphatic heterocycles. The van der Waals surface area contributed by atoms with Crippen molar-refractivity contribution in [1.82, 2.24) is 5.32 Å². The lowest BCUT2D eigenvalue weighted by molar-refractivity contribution is -0.384. The van der Waals surface area contributed by atoms with Gasteiger partial charge in [-0.2, -0.15) is 0 Å². The largest absolute Gasteiger partial charge is 0.324 e. The second kappa shape index (κ2) is 6.80. The number of carbonyl (C=O) groups excluding carboxylic acids is 1. The smallest absolute Gasteiger partial charge is 0.271 e. The number of benzene rings is 2. The maximum atomic E-state index is 12.3. The SMILES string of the molecule is C[C@@H](N[C@H]1CCc2ccccc21)C(=O)Nc1cccc([N+](=O)[O-])c1. The molecule has 6 heteroatoms. The van der Waals surface area contributed by atoms with Crippen molar-refractivity contribution in [3.63, 3.8) is 0 Å². The van der Waals surface area contributed by atoms with Gasteiger partial charge in [-0.1, -0.05) is 30.3 Å². The summed E-state index contributed by atoms with van der Waals surface area (Å²) in [4.78, 5) is 22.7. The number of anilines is 1. The van der Waals surface area contributed by atoms with E-state index in [2.05, 4.69) is 22.8 Å². The van der Waals surface area contributed by atoms with E-state index in [1.165, 1.54) is 23.3 Å². The van der Waals surface area contributed by atoms with Gasteiger partial charge in [0.25, 0.3) is 5.69 Å². The predicted octanol–water partition coefficient (Wildman–Crippen LogP) is 3.20. The van der Waals surface area contributed by atoms with Crippen molar-refractivity contribution in [2.45, 2.75) is 31.8 Å². The molecule has 0 heterocycles. The average molecular weight is 325 g/mol. The number of hydrogen-bond donors (Lipinski definition) is 2. The molecule has 3 rings (SSSR count). The summed E-state index contributed by atoms with van der Waals surface area (Å²) in [6.45, 7) is 1.80. The second-order valence-electron chi connectivity index (χ2n) is 5.98. The van der Waals surface area contributed by atoms with E-state index >= 15 is 0 Å². The van der Waals surface area contributed by atoms with Gasteiger partial charge in [0, 0.05) is 23.9 Å². The highest BCUT2D eigenvalue weighted by Crippen LogP contribution is 2.31. The normalized spacial score (nSPS) is 17.1. The van der Waals surface area contributed by atoms with Gasteiger partial charge in [0.15, 0.2) is 0 Å². The van der Waals surface area contributed by atoms with E-state index in [4.69, 9.17) is 0 Å². The zero-order valence-corrected chi connectivity index (χ0v) is 13.4. The van der Waals surface area contributed by atoms with Crippen molar-refractivity contribution in [2.75, 3.05) is 5.32 Å². The number of nitrogens with zero attached hydrogens (tertiary/aromatic N) is 1. The van der Waals surface area contributed by atoms with Crippen LogP contribution >= 0.6 is 0 Å². The Labute approximate surface area is 140 Å². The van der Waals surface area contributed by atoms with E-state index in [1.54, 1.807) is 19.1 Å². The minimum atomic E-state index is -0.479. The van der Waals surface area contributed by atoms with Gasteiger partial charge in [-0.05, 0) is 37.0 Å². The number of carbonyl (C=O) groups is 1. The van der Waals surface area contributed by atoms with Crippen LogP contribution in [0.15, 0.2) is 48.5 Å². The molecule has 2 aromatic rings. The van der Waals surface area contributed by atoms with E-state index in [0.717, 1.165) is 12.8 Å². The number of nitro groups is 1. The number of hydrogen-bond acceptors (Lipinski definition) is 4. The zero-order valence-electron chi connectivity index (χ0n) is 13.4. The maximum absolute atomic E-state index is 12.3. The maximum Gasteiger partial charge on any atom is 0.271 e. The van der Waals surface area contributed by atoms with E-state index in [0.29, 0.717) is 5.69 Å². The van der Waals surface area contributed by atoms with E-state index < -0.39 is 11.0 Å². The highest BCUT2D eigenvalue weighted by Gasteiger charge is 2.25. The third-order valence-electron chi connectivity index (χ3n) is 4.30. The van der Waals surface area contributed by atoms with Crippen LogP contribution in [-0.2, 0) is 11.2 Å². The van der Waals surface area contributed by atoms with E-state index in [-0.39, 0.29) is 17.6 Å². The first-order valence-corrected chi connectivity index (χ1v) is 7.94. The van der Waals surface area contributed by atoms with Crippen LogP contribution in [0.25, 0.3) is 0 Å². The van der Waals surface area contributed by atoms with Gasteiger partial charge < -0.3 is 5.32 Å². The molecule has 0 saturated carbocycles. The van der Waals surface area contributed by atoms with Crippen LogP contribution in [0.2, 0.25) is 0 Å². The van der Waals surface area contributed by atoms with E-state index in [1.807, 2.05) is 12.1 Å². The van der Waals surface area contributed by atoms with Crippen molar-refractivity contribution in [1.29, 1.82) is 0 Å². The molecule has 0 saturated heterocycles. The molecular weight excluding hydrogens is 306 g/mol. The van der Waals surface area contributed by atoms with Crippen LogP contribution in [0.3, 0.4) is 0 Å². The number of amides is 1. The molecule has 0 fully saturated rings. The monoisotopic (exact) mass is 325 g/mol. The molecule has 0 spiro atoms. The lowest BCUT2D eigenvalue weighted by Crippen LogP contribution is -2.39. The van der Waals surface area contributed by atoms with Crippen LogP contribution in [0.1, 0.15) is 30.5 Å². The summed E-state index contributed by atoms with van der Waals surface area (Å²) in [6, 6.07) is 13.9. The van der Waals surface area contributed by atoms with Crippen LogP contribution in [0, 0.1) is 10.1 Å². The Kier molecular flexibility index (Phi) is 4.57. The third-order valence-corrected chi connectivity index (χ3v) is 4.30. The van der Waals surface area contributed by atoms with Crippen molar-refractivity contribution < 1.29 is 9.72 Å². The molecule has 6 nitrogen and oxygen atoms in total. The molecular formula is C18H19N3O3. The number of fused-ring (bicyclic) bond motifs is 1. The van der Waals surface area contributed by atoms with Crippen molar-refractivity contribution in [3.05, 3.63) is 69.8 Å². The number of nitrogens with one attached hydrogen (secondary N) is 2. The molecule has 0 unspecified atom stereocenters. The highest BCUT2D eigenvalue weighted by molar-refractivity contribution is 5.94. The lowest BCUT2D eigenvalue weighted by Gasteiger charge is -2.20. The van der Waals surface area contributed by atoms with Gasteiger partial charge in [-0.3, -0.25) is 20.2 Å². The molecule has 2 N–H and O–H groups in total. The van der Waals surface area contributed by atoms with Crippen LogP contribution in [0.4, 0.5) is 11.4 Å². The molecule has 0 aromatic heterocycles. The van der Waals surface area contributed by atoms with Crippen molar-refractivity contribution in [3.8, 4) is 0 Å². The Balaban J connectivity index is 1.64. The molecule has 1 aliphatic carbocycles. The molecule has 1 amide bonds. The minimum Gasteiger partial charge on any atom is -0.324 e. The third kappa shape index (κ3) is 3.44. The van der Waals surface area contributed by atoms with Gasteiger partial charge in [0.05, 0.1) is 11.0 Å². The molecule has 1 aliphatic rings. The summed E-state index contributed by atoms with van der Waals surface area (Å²) in [5.41, 5.74) is 2.95. The molecule has 2 aromatic carbocycles. The first-order valence-electron chi connectivity index (χ1n) is 7.94. The second-order valence-corrected chi connectivity index (χ2v) is 5.98. The van der Waals surface area contributed by atoms with Crippen molar-refractivity contribution in [2.24, 2.45) is 0 Å². The van der Waals surface area contributed by atoms with Gasteiger partial charge in [-0.25, -0.2) is 0 Å². The fraction of sp³-hybridized carbons (Fsp3) is 0.278. The minimum absolute atomic E-state index is 0.0434. The fourth-order valence-corrected chi connectivity index (χ4v) is 3.06.